The van der Waals surface area contributed by atoms with Gasteiger partial charge in [0.1, 0.15) is 0 Å². The Morgan fingerprint density at radius 3 is 2.72 bits per heavy atom. The summed E-state index contributed by atoms with van der Waals surface area (Å²) in [5.41, 5.74) is 5.32. The van der Waals surface area contributed by atoms with Gasteiger partial charge >= 0.3 is 5.97 Å². The SMILES string of the molecule is CCCCOC(=O)CN1CC(C(N)=O)CCC1C. The molecule has 0 aliphatic carbocycles. The molecule has 0 bridgehead atoms. The summed E-state index contributed by atoms with van der Waals surface area (Å²) in [5.74, 6) is -0.615. The number of hydrogen-bond acceptors (Lipinski definition) is 4. The summed E-state index contributed by atoms with van der Waals surface area (Å²) in [6, 6.07) is 0.305. The summed E-state index contributed by atoms with van der Waals surface area (Å²) in [5, 5.41) is 0. The van der Waals surface area contributed by atoms with Crippen LogP contribution in [0.15, 0.2) is 0 Å². The number of nitrogens with two attached hydrogens (primary N) is 1. The maximum atomic E-state index is 11.6. The van der Waals surface area contributed by atoms with E-state index in [0.29, 0.717) is 19.2 Å². The van der Waals surface area contributed by atoms with Crippen molar-refractivity contribution in [3.63, 3.8) is 0 Å². The summed E-state index contributed by atoms with van der Waals surface area (Å²) in [6.45, 7) is 5.43. The minimum atomic E-state index is -0.272. The molecule has 0 aromatic rings. The van der Waals surface area contributed by atoms with E-state index in [1.54, 1.807) is 0 Å². The third-order valence-electron chi connectivity index (χ3n) is 3.51. The number of likely N-dealkylation sites (tertiary alicyclic amines) is 1. The topological polar surface area (TPSA) is 72.6 Å². The number of rotatable bonds is 6. The van der Waals surface area contributed by atoms with Crippen LogP contribution in [0.4, 0.5) is 0 Å². The normalized spacial score (nSPS) is 24.8. The van der Waals surface area contributed by atoms with E-state index in [1.165, 1.54) is 0 Å². The predicted octanol–water partition coefficient (Wildman–Crippen LogP) is 0.915. The van der Waals surface area contributed by atoms with Crippen LogP contribution in [0, 0.1) is 5.92 Å². The van der Waals surface area contributed by atoms with Crippen molar-refractivity contribution in [2.45, 2.75) is 45.6 Å². The van der Waals surface area contributed by atoms with Crippen LogP contribution >= 0.6 is 0 Å². The number of unbranched alkanes of at least 4 members (excludes halogenated alkanes) is 1. The van der Waals surface area contributed by atoms with Gasteiger partial charge in [0, 0.05) is 12.6 Å². The molecule has 1 aliphatic rings. The molecule has 104 valence electrons. The number of carbonyl (C=O) groups excluding carboxylic acids is 2. The fraction of sp³-hybridized carbons (Fsp3) is 0.846. The number of ether oxygens (including phenoxy) is 1. The summed E-state index contributed by atoms with van der Waals surface area (Å²) >= 11 is 0. The molecule has 0 saturated carbocycles. The zero-order valence-corrected chi connectivity index (χ0v) is 11.4. The molecule has 1 fully saturated rings. The van der Waals surface area contributed by atoms with Gasteiger partial charge in [-0.15, -0.1) is 0 Å². The minimum absolute atomic E-state index is 0.135. The maximum absolute atomic E-state index is 11.6. The first-order valence-electron chi connectivity index (χ1n) is 6.73. The molecular weight excluding hydrogens is 232 g/mol. The van der Waals surface area contributed by atoms with Crippen molar-refractivity contribution in [1.82, 2.24) is 4.90 Å². The Morgan fingerprint density at radius 1 is 1.39 bits per heavy atom. The molecule has 1 amide bonds. The van der Waals surface area contributed by atoms with Gasteiger partial charge in [0.2, 0.25) is 5.91 Å². The first-order chi connectivity index (χ1) is 8.54. The average molecular weight is 256 g/mol. The number of primary amides is 1. The number of carbonyl (C=O) groups is 2. The second-order valence-electron chi connectivity index (χ2n) is 5.03. The van der Waals surface area contributed by atoms with Gasteiger partial charge in [-0.05, 0) is 26.2 Å². The second-order valence-corrected chi connectivity index (χ2v) is 5.03. The summed E-state index contributed by atoms with van der Waals surface area (Å²) < 4.78 is 5.13. The molecular formula is C13H24N2O3. The highest BCUT2D eigenvalue weighted by Gasteiger charge is 2.29. The Kier molecular flexibility index (Phi) is 6.12. The lowest BCUT2D eigenvalue weighted by Crippen LogP contribution is -2.47. The molecule has 0 aromatic carbocycles. The van der Waals surface area contributed by atoms with Crippen molar-refractivity contribution < 1.29 is 14.3 Å². The summed E-state index contributed by atoms with van der Waals surface area (Å²) in [7, 11) is 0. The van der Waals surface area contributed by atoms with Gasteiger partial charge < -0.3 is 10.5 Å². The summed E-state index contributed by atoms with van der Waals surface area (Å²) in [4.78, 5) is 24.8. The van der Waals surface area contributed by atoms with Gasteiger partial charge in [-0.3, -0.25) is 14.5 Å². The molecule has 2 atom stereocenters. The van der Waals surface area contributed by atoms with Crippen LogP contribution in [0.5, 0.6) is 0 Å². The number of hydrogen-bond donors (Lipinski definition) is 1. The molecule has 0 aromatic heterocycles. The number of amides is 1. The predicted molar refractivity (Wildman–Crippen MR) is 68.8 cm³/mol. The van der Waals surface area contributed by atoms with Crippen molar-refractivity contribution in [2.75, 3.05) is 19.7 Å². The van der Waals surface area contributed by atoms with Crippen LogP contribution in [0.2, 0.25) is 0 Å². The monoisotopic (exact) mass is 256 g/mol. The molecule has 0 spiro atoms. The Morgan fingerprint density at radius 2 is 2.11 bits per heavy atom. The maximum Gasteiger partial charge on any atom is 0.320 e. The Labute approximate surface area is 109 Å². The number of piperidine rings is 1. The fourth-order valence-corrected chi connectivity index (χ4v) is 2.17. The van der Waals surface area contributed by atoms with Gasteiger partial charge in [0.15, 0.2) is 0 Å². The molecule has 5 nitrogen and oxygen atoms in total. The Bertz CT molecular complexity index is 294. The van der Waals surface area contributed by atoms with Crippen molar-refractivity contribution in [1.29, 1.82) is 0 Å². The third kappa shape index (κ3) is 4.64. The molecule has 5 heteroatoms. The zero-order valence-electron chi connectivity index (χ0n) is 11.4. The molecule has 18 heavy (non-hydrogen) atoms. The molecule has 1 saturated heterocycles. The van der Waals surface area contributed by atoms with Crippen molar-refractivity contribution in [2.24, 2.45) is 11.7 Å². The highest BCUT2D eigenvalue weighted by molar-refractivity contribution is 5.77. The molecule has 0 radical (unpaired) electrons. The van der Waals surface area contributed by atoms with E-state index >= 15 is 0 Å². The van der Waals surface area contributed by atoms with Crippen LogP contribution in [-0.2, 0) is 14.3 Å². The Balaban J connectivity index is 2.38. The van der Waals surface area contributed by atoms with Gasteiger partial charge in [-0.2, -0.15) is 0 Å². The highest BCUT2D eigenvalue weighted by atomic mass is 16.5. The van der Waals surface area contributed by atoms with Crippen molar-refractivity contribution >= 4 is 11.9 Å². The van der Waals surface area contributed by atoms with Gasteiger partial charge in [0.05, 0.1) is 19.1 Å². The number of nitrogens with zero attached hydrogens (tertiary/aromatic N) is 1. The van der Waals surface area contributed by atoms with Gasteiger partial charge in [-0.25, -0.2) is 0 Å². The standard InChI is InChI=1S/C13H24N2O3/c1-3-4-7-18-12(16)9-15-8-11(13(14)17)6-5-10(15)2/h10-11H,3-9H2,1-2H3,(H2,14,17). The smallest absolute Gasteiger partial charge is 0.320 e. The molecule has 1 rings (SSSR count). The fourth-order valence-electron chi connectivity index (χ4n) is 2.17. The minimum Gasteiger partial charge on any atom is -0.465 e. The molecule has 2 unspecified atom stereocenters. The zero-order chi connectivity index (χ0) is 13.5. The molecule has 2 N–H and O–H groups in total. The summed E-state index contributed by atoms with van der Waals surface area (Å²) in [6.07, 6.45) is 3.62. The van der Waals surface area contributed by atoms with Crippen molar-refractivity contribution in [3.8, 4) is 0 Å². The molecule has 1 heterocycles. The highest BCUT2D eigenvalue weighted by Crippen LogP contribution is 2.21. The van der Waals surface area contributed by atoms with E-state index in [9.17, 15) is 9.59 Å². The van der Waals surface area contributed by atoms with Crippen molar-refractivity contribution in [3.05, 3.63) is 0 Å². The van der Waals surface area contributed by atoms with Gasteiger partial charge in [0.25, 0.3) is 0 Å². The Hall–Kier alpha value is -1.10. The van der Waals surface area contributed by atoms with E-state index in [-0.39, 0.29) is 24.3 Å². The lowest BCUT2D eigenvalue weighted by Gasteiger charge is -2.35. The van der Waals surface area contributed by atoms with Crippen LogP contribution in [0.25, 0.3) is 0 Å². The van der Waals surface area contributed by atoms with Gasteiger partial charge in [-0.1, -0.05) is 13.3 Å². The first-order valence-corrected chi connectivity index (χ1v) is 6.73. The third-order valence-corrected chi connectivity index (χ3v) is 3.51. The van der Waals surface area contributed by atoms with Crippen LogP contribution in [0.3, 0.4) is 0 Å². The quantitative estimate of drug-likeness (QED) is 0.566. The van der Waals surface area contributed by atoms with E-state index < -0.39 is 0 Å². The van der Waals surface area contributed by atoms with E-state index in [4.69, 9.17) is 10.5 Å². The van der Waals surface area contributed by atoms with Crippen LogP contribution in [0.1, 0.15) is 39.5 Å². The van der Waals surface area contributed by atoms with E-state index in [1.807, 2.05) is 4.90 Å². The largest absolute Gasteiger partial charge is 0.465 e. The lowest BCUT2D eigenvalue weighted by atomic mass is 9.93. The van der Waals surface area contributed by atoms with Crippen LogP contribution < -0.4 is 5.73 Å². The molecule has 1 aliphatic heterocycles. The number of esters is 1. The van der Waals surface area contributed by atoms with E-state index in [2.05, 4.69) is 13.8 Å². The average Bonchev–Trinajstić information content (AvgIpc) is 2.32. The first kappa shape index (κ1) is 15.0. The lowest BCUT2D eigenvalue weighted by molar-refractivity contribution is -0.147. The van der Waals surface area contributed by atoms with Crippen LogP contribution in [-0.4, -0.2) is 42.5 Å². The second kappa shape index (κ2) is 7.36. The van der Waals surface area contributed by atoms with E-state index in [0.717, 1.165) is 25.7 Å².